The molecule has 2 rings (SSSR count). The average molecular weight is 197 g/mol. The van der Waals surface area contributed by atoms with Gasteiger partial charge in [0.15, 0.2) is 5.13 Å². The normalized spacial score (nSPS) is 10.7. The Labute approximate surface area is 78.4 Å². The summed E-state index contributed by atoms with van der Waals surface area (Å²) in [5.41, 5.74) is 4.08. The molecule has 0 bridgehead atoms. The minimum absolute atomic E-state index is 0.239. The lowest BCUT2D eigenvalue weighted by molar-refractivity contribution is 0.629. The van der Waals surface area contributed by atoms with Gasteiger partial charge in [-0.3, -0.25) is 5.43 Å². The third kappa shape index (κ3) is 1.36. The third-order valence-electron chi connectivity index (χ3n) is 1.77. The molecular weight excluding hydrogens is 189 g/mol. The van der Waals surface area contributed by atoms with Crippen molar-refractivity contribution < 1.29 is 4.39 Å². The largest absolute Gasteiger partial charge is 0.300 e. The van der Waals surface area contributed by atoms with Gasteiger partial charge in [0.2, 0.25) is 0 Å². The first-order valence-electron chi connectivity index (χ1n) is 3.74. The first-order chi connectivity index (χ1) is 6.20. The van der Waals surface area contributed by atoms with Gasteiger partial charge in [-0.15, -0.1) is 0 Å². The van der Waals surface area contributed by atoms with Crippen molar-refractivity contribution in [1.29, 1.82) is 0 Å². The summed E-state index contributed by atoms with van der Waals surface area (Å²) in [6.45, 7) is 1.82. The van der Waals surface area contributed by atoms with Crippen molar-refractivity contribution in [1.82, 2.24) is 4.98 Å². The predicted molar refractivity (Wildman–Crippen MR) is 52.1 cm³/mol. The minimum Gasteiger partial charge on any atom is -0.300 e. The van der Waals surface area contributed by atoms with E-state index in [-0.39, 0.29) is 5.82 Å². The Morgan fingerprint density at radius 1 is 1.54 bits per heavy atom. The summed E-state index contributed by atoms with van der Waals surface area (Å²) >= 11 is 1.34. The quantitative estimate of drug-likeness (QED) is 0.543. The van der Waals surface area contributed by atoms with Crippen LogP contribution in [-0.2, 0) is 0 Å². The van der Waals surface area contributed by atoms with Gasteiger partial charge in [-0.2, -0.15) is 0 Å². The Morgan fingerprint density at radius 2 is 2.31 bits per heavy atom. The van der Waals surface area contributed by atoms with Crippen LogP contribution in [-0.4, -0.2) is 4.98 Å². The average Bonchev–Trinajstić information content (AvgIpc) is 2.47. The lowest BCUT2D eigenvalue weighted by Gasteiger charge is -1.93. The molecule has 3 nitrogen and oxygen atoms in total. The van der Waals surface area contributed by atoms with Crippen LogP contribution in [0, 0.1) is 12.7 Å². The van der Waals surface area contributed by atoms with Gasteiger partial charge in [0, 0.05) is 0 Å². The van der Waals surface area contributed by atoms with Crippen LogP contribution in [0.5, 0.6) is 0 Å². The van der Waals surface area contributed by atoms with Gasteiger partial charge in [0.1, 0.15) is 5.82 Å². The molecule has 3 N–H and O–H groups in total. The number of fused-ring (bicyclic) bond motifs is 1. The van der Waals surface area contributed by atoms with E-state index in [9.17, 15) is 4.39 Å². The van der Waals surface area contributed by atoms with E-state index in [2.05, 4.69) is 10.4 Å². The highest BCUT2D eigenvalue weighted by atomic mass is 32.1. The lowest BCUT2D eigenvalue weighted by Crippen LogP contribution is -2.05. The van der Waals surface area contributed by atoms with E-state index in [1.54, 1.807) is 0 Å². The number of nitrogens with two attached hydrogens (primary N) is 1. The Hall–Kier alpha value is -1.20. The summed E-state index contributed by atoms with van der Waals surface area (Å²) in [5, 5.41) is 0.601. The standard InChI is InChI=1S/C8H8FN3S/c1-4-2-5(9)3-6-7(4)11-8(12-10)13-6/h2-3H,10H2,1H3,(H,11,12). The number of nitrogens with zero attached hydrogens (tertiary/aromatic N) is 1. The predicted octanol–water partition coefficient (Wildman–Crippen LogP) is 2.03. The summed E-state index contributed by atoms with van der Waals surface area (Å²) < 4.78 is 13.7. The van der Waals surface area contributed by atoms with E-state index in [1.807, 2.05) is 6.92 Å². The molecule has 0 saturated carbocycles. The molecule has 68 valence electrons. The van der Waals surface area contributed by atoms with Crippen molar-refractivity contribution in [3.05, 3.63) is 23.5 Å². The third-order valence-corrected chi connectivity index (χ3v) is 2.71. The highest BCUT2D eigenvalue weighted by molar-refractivity contribution is 7.22. The van der Waals surface area contributed by atoms with Gasteiger partial charge in [-0.25, -0.2) is 15.2 Å². The molecule has 0 fully saturated rings. The van der Waals surface area contributed by atoms with Gasteiger partial charge in [0.25, 0.3) is 0 Å². The zero-order chi connectivity index (χ0) is 9.42. The molecule has 0 aliphatic carbocycles. The Bertz CT molecular complexity index is 452. The number of rotatable bonds is 1. The SMILES string of the molecule is Cc1cc(F)cc2sc(NN)nc12. The maximum absolute atomic E-state index is 12.9. The number of hydrogen-bond donors (Lipinski definition) is 2. The van der Waals surface area contributed by atoms with Crippen molar-refractivity contribution >= 4 is 26.7 Å². The van der Waals surface area contributed by atoms with Crippen LogP contribution in [0.2, 0.25) is 0 Å². The van der Waals surface area contributed by atoms with E-state index in [1.165, 1.54) is 23.5 Å². The highest BCUT2D eigenvalue weighted by Crippen LogP contribution is 2.28. The van der Waals surface area contributed by atoms with Crippen LogP contribution < -0.4 is 11.3 Å². The van der Waals surface area contributed by atoms with Crippen molar-refractivity contribution in [2.24, 2.45) is 5.84 Å². The fraction of sp³-hybridized carbons (Fsp3) is 0.125. The molecule has 13 heavy (non-hydrogen) atoms. The number of anilines is 1. The Balaban J connectivity index is 2.75. The summed E-state index contributed by atoms with van der Waals surface area (Å²) in [6, 6.07) is 2.92. The maximum Gasteiger partial charge on any atom is 0.198 e. The number of nitrogen functional groups attached to an aromatic ring is 1. The molecule has 0 saturated heterocycles. The zero-order valence-corrected chi connectivity index (χ0v) is 7.78. The number of halogens is 1. The Kier molecular flexibility index (Phi) is 1.90. The van der Waals surface area contributed by atoms with Crippen LogP contribution >= 0.6 is 11.3 Å². The molecule has 5 heteroatoms. The maximum atomic E-state index is 12.9. The van der Waals surface area contributed by atoms with Crippen LogP contribution in [0.4, 0.5) is 9.52 Å². The van der Waals surface area contributed by atoms with Crippen molar-refractivity contribution in [3.8, 4) is 0 Å². The monoisotopic (exact) mass is 197 g/mol. The van der Waals surface area contributed by atoms with Gasteiger partial charge >= 0.3 is 0 Å². The summed E-state index contributed by atoms with van der Waals surface area (Å²) in [7, 11) is 0. The molecule has 1 aromatic carbocycles. The fourth-order valence-corrected chi connectivity index (χ4v) is 2.10. The molecule has 0 unspecified atom stereocenters. The van der Waals surface area contributed by atoms with Crippen LogP contribution in [0.1, 0.15) is 5.56 Å². The van der Waals surface area contributed by atoms with Crippen molar-refractivity contribution in [3.63, 3.8) is 0 Å². The van der Waals surface area contributed by atoms with E-state index in [4.69, 9.17) is 5.84 Å². The molecule has 0 spiro atoms. The molecule has 1 heterocycles. The minimum atomic E-state index is -0.239. The molecule has 0 aliphatic heterocycles. The molecular formula is C8H8FN3S. The first kappa shape index (κ1) is 8.40. The highest BCUT2D eigenvalue weighted by Gasteiger charge is 2.06. The molecule has 0 amide bonds. The van der Waals surface area contributed by atoms with E-state index < -0.39 is 0 Å². The van der Waals surface area contributed by atoms with Crippen molar-refractivity contribution in [2.75, 3.05) is 5.43 Å². The van der Waals surface area contributed by atoms with Crippen LogP contribution in [0.3, 0.4) is 0 Å². The topological polar surface area (TPSA) is 50.9 Å². The number of benzene rings is 1. The molecule has 1 aromatic heterocycles. The number of aryl methyl sites for hydroxylation is 1. The molecule has 2 aromatic rings. The summed E-state index contributed by atoms with van der Waals surface area (Å²) in [4.78, 5) is 4.19. The number of hydrogen-bond acceptors (Lipinski definition) is 4. The number of hydrazine groups is 1. The van der Waals surface area contributed by atoms with Gasteiger partial charge < -0.3 is 0 Å². The second-order valence-corrected chi connectivity index (χ2v) is 3.76. The summed E-state index contributed by atoms with van der Waals surface area (Å²) in [6.07, 6.45) is 0. The van der Waals surface area contributed by atoms with E-state index >= 15 is 0 Å². The lowest BCUT2D eigenvalue weighted by atomic mass is 10.2. The second kappa shape index (κ2) is 2.93. The molecule has 0 aliphatic rings. The van der Waals surface area contributed by atoms with Gasteiger partial charge in [0.05, 0.1) is 10.2 Å². The van der Waals surface area contributed by atoms with Crippen molar-refractivity contribution in [2.45, 2.75) is 6.92 Å². The zero-order valence-electron chi connectivity index (χ0n) is 6.97. The Morgan fingerprint density at radius 3 is 3.00 bits per heavy atom. The second-order valence-electron chi connectivity index (χ2n) is 2.73. The van der Waals surface area contributed by atoms with Crippen LogP contribution in [0.25, 0.3) is 10.2 Å². The van der Waals surface area contributed by atoms with Gasteiger partial charge in [-0.1, -0.05) is 11.3 Å². The fourth-order valence-electron chi connectivity index (χ4n) is 1.22. The van der Waals surface area contributed by atoms with E-state index in [0.29, 0.717) is 5.13 Å². The summed E-state index contributed by atoms with van der Waals surface area (Å²) in [5.74, 6) is 4.97. The molecule has 0 atom stereocenters. The first-order valence-corrected chi connectivity index (χ1v) is 4.55. The molecule has 0 radical (unpaired) electrons. The van der Waals surface area contributed by atoms with Crippen LogP contribution in [0.15, 0.2) is 12.1 Å². The van der Waals surface area contributed by atoms with Gasteiger partial charge in [-0.05, 0) is 24.6 Å². The van der Waals surface area contributed by atoms with E-state index in [0.717, 1.165) is 15.8 Å². The smallest absolute Gasteiger partial charge is 0.198 e. The number of nitrogens with one attached hydrogen (secondary N) is 1. The number of aromatic nitrogens is 1. The number of thiazole rings is 1.